The van der Waals surface area contributed by atoms with Crippen LogP contribution in [0, 0.1) is 0 Å². The lowest BCUT2D eigenvalue weighted by molar-refractivity contribution is 0.110. The van der Waals surface area contributed by atoms with Gasteiger partial charge in [-0.2, -0.15) is 0 Å². The first-order chi connectivity index (χ1) is 12.2. The first-order valence-electron chi connectivity index (χ1n) is 7.40. The number of halogens is 8. The molecular formula is C16H14Br8O2. The summed E-state index contributed by atoms with van der Waals surface area (Å²) < 4.78 is 13.5. The SMILES string of the molecule is BrCC1(Br)C(Br)=CC=C(OCCOC2=CC=C(Br)C(Br)(CBr)C2Br)C1Br. The van der Waals surface area contributed by atoms with E-state index in [0.717, 1.165) is 31.1 Å². The van der Waals surface area contributed by atoms with Crippen molar-refractivity contribution in [3.05, 3.63) is 44.8 Å². The van der Waals surface area contributed by atoms with E-state index in [4.69, 9.17) is 9.47 Å². The molecule has 0 aromatic heterocycles. The molecule has 26 heavy (non-hydrogen) atoms. The van der Waals surface area contributed by atoms with Crippen LogP contribution in [0.15, 0.2) is 44.8 Å². The summed E-state index contributed by atoms with van der Waals surface area (Å²) in [5.41, 5.74) is 0. The van der Waals surface area contributed by atoms with Gasteiger partial charge in [0.2, 0.25) is 0 Å². The normalized spacial score (nSPS) is 34.5. The van der Waals surface area contributed by atoms with E-state index in [1.165, 1.54) is 0 Å². The Balaban J connectivity index is 1.92. The van der Waals surface area contributed by atoms with E-state index in [1.807, 2.05) is 24.3 Å². The van der Waals surface area contributed by atoms with Crippen LogP contribution >= 0.6 is 127 Å². The highest BCUT2D eigenvalue weighted by Crippen LogP contribution is 2.47. The molecule has 0 N–H and O–H groups in total. The van der Waals surface area contributed by atoms with Crippen LogP contribution in [0.25, 0.3) is 0 Å². The third kappa shape index (κ3) is 5.17. The Morgan fingerprint density at radius 3 is 1.38 bits per heavy atom. The van der Waals surface area contributed by atoms with Crippen LogP contribution in [0.4, 0.5) is 0 Å². The summed E-state index contributed by atoms with van der Waals surface area (Å²) in [7, 11) is 0. The molecule has 0 spiro atoms. The van der Waals surface area contributed by atoms with E-state index >= 15 is 0 Å². The van der Waals surface area contributed by atoms with Gasteiger partial charge in [-0.05, 0) is 24.3 Å². The monoisotopic (exact) mass is 869 g/mol. The van der Waals surface area contributed by atoms with Crippen LogP contribution in [0.3, 0.4) is 0 Å². The highest BCUT2D eigenvalue weighted by molar-refractivity contribution is 9.16. The maximum Gasteiger partial charge on any atom is 0.122 e. The molecule has 0 heterocycles. The predicted octanol–water partition coefficient (Wildman–Crippen LogP) is 7.96. The van der Waals surface area contributed by atoms with Crippen LogP contribution in [-0.4, -0.2) is 42.2 Å². The minimum atomic E-state index is -0.271. The molecule has 0 saturated heterocycles. The summed E-state index contributed by atoms with van der Waals surface area (Å²) in [6, 6.07) is 0. The standard InChI is InChI=1S/C16H14Br8O2/c17-7-15(23)11(19)3-1-9(13(15)21)25-5-6-26-10-2-4-12(20)16(24,8-18)14(10)22/h1-4,13-14H,5-8H2. The molecule has 4 atom stereocenters. The van der Waals surface area contributed by atoms with Crippen molar-refractivity contribution in [1.82, 2.24) is 0 Å². The summed E-state index contributed by atoms with van der Waals surface area (Å²) in [4.78, 5) is 0.0168. The summed E-state index contributed by atoms with van der Waals surface area (Å²) in [6.07, 6.45) is 7.93. The Labute approximate surface area is 221 Å². The molecule has 0 radical (unpaired) electrons. The number of rotatable bonds is 7. The number of allylic oxidation sites excluding steroid dienone is 8. The predicted molar refractivity (Wildman–Crippen MR) is 138 cm³/mol. The first kappa shape index (κ1) is 24.7. The van der Waals surface area contributed by atoms with Crippen molar-refractivity contribution in [2.24, 2.45) is 0 Å². The van der Waals surface area contributed by atoms with Crippen LogP contribution in [0.1, 0.15) is 0 Å². The Kier molecular flexibility index (Phi) is 10.1. The fraction of sp³-hybridized carbons (Fsp3) is 0.500. The zero-order chi connectivity index (χ0) is 19.5. The molecule has 0 fully saturated rings. The fourth-order valence-electron chi connectivity index (χ4n) is 2.27. The van der Waals surface area contributed by atoms with Crippen LogP contribution in [-0.2, 0) is 9.47 Å². The lowest BCUT2D eigenvalue weighted by atomic mass is 10.0. The van der Waals surface area contributed by atoms with Gasteiger partial charge < -0.3 is 9.47 Å². The van der Waals surface area contributed by atoms with Crippen LogP contribution in [0.5, 0.6) is 0 Å². The third-order valence-corrected chi connectivity index (χ3v) is 16.2. The lowest BCUT2D eigenvalue weighted by Crippen LogP contribution is -2.39. The van der Waals surface area contributed by atoms with E-state index in [2.05, 4.69) is 127 Å². The van der Waals surface area contributed by atoms with Gasteiger partial charge in [0.15, 0.2) is 0 Å². The average molecular weight is 878 g/mol. The summed E-state index contributed by atoms with van der Waals surface area (Å²) in [5, 5.41) is 1.48. The van der Waals surface area contributed by atoms with Crippen molar-refractivity contribution in [2.75, 3.05) is 23.9 Å². The minimum Gasteiger partial charge on any atom is -0.493 e. The van der Waals surface area contributed by atoms with Crippen molar-refractivity contribution in [3.8, 4) is 0 Å². The number of ether oxygens (including phenoxy) is 2. The van der Waals surface area contributed by atoms with Gasteiger partial charge in [-0.1, -0.05) is 127 Å². The third-order valence-electron chi connectivity index (χ3n) is 3.89. The minimum absolute atomic E-state index is 0.00838. The zero-order valence-corrected chi connectivity index (χ0v) is 25.8. The fourth-order valence-corrected chi connectivity index (χ4v) is 8.87. The molecule has 2 aliphatic carbocycles. The molecule has 10 heteroatoms. The van der Waals surface area contributed by atoms with Crippen LogP contribution in [0.2, 0.25) is 0 Å². The molecule has 146 valence electrons. The van der Waals surface area contributed by atoms with E-state index in [9.17, 15) is 0 Å². The van der Waals surface area contributed by atoms with Crippen molar-refractivity contribution < 1.29 is 9.47 Å². The van der Waals surface area contributed by atoms with Gasteiger partial charge in [0, 0.05) is 19.6 Å². The molecule has 0 aromatic rings. The van der Waals surface area contributed by atoms with Crippen molar-refractivity contribution in [2.45, 2.75) is 18.3 Å². The Morgan fingerprint density at radius 1 is 0.731 bits per heavy atom. The van der Waals surface area contributed by atoms with Crippen molar-refractivity contribution in [3.63, 3.8) is 0 Å². The van der Waals surface area contributed by atoms with Crippen molar-refractivity contribution in [1.29, 1.82) is 0 Å². The van der Waals surface area contributed by atoms with E-state index < -0.39 is 0 Å². The molecule has 0 aliphatic heterocycles. The van der Waals surface area contributed by atoms with Crippen molar-refractivity contribution >= 4 is 127 Å². The van der Waals surface area contributed by atoms with Gasteiger partial charge in [0.05, 0.1) is 18.3 Å². The molecule has 4 unspecified atom stereocenters. The topological polar surface area (TPSA) is 18.5 Å². The summed E-state index contributed by atoms with van der Waals surface area (Å²) >= 11 is 29.3. The highest BCUT2D eigenvalue weighted by atomic mass is 79.9. The number of hydrogen-bond acceptors (Lipinski definition) is 2. The van der Waals surface area contributed by atoms with Gasteiger partial charge in [-0.15, -0.1) is 0 Å². The number of hydrogen-bond donors (Lipinski definition) is 0. The summed E-state index contributed by atoms with van der Waals surface area (Å²) in [5.74, 6) is 1.72. The molecule has 0 amide bonds. The molecule has 2 rings (SSSR count). The smallest absolute Gasteiger partial charge is 0.122 e. The van der Waals surface area contributed by atoms with Gasteiger partial charge in [0.1, 0.15) is 24.7 Å². The lowest BCUT2D eigenvalue weighted by Gasteiger charge is -2.35. The second-order valence-electron chi connectivity index (χ2n) is 5.58. The number of alkyl halides is 6. The van der Waals surface area contributed by atoms with E-state index in [0.29, 0.717) is 13.2 Å². The largest absolute Gasteiger partial charge is 0.493 e. The maximum atomic E-state index is 5.95. The molecular weight excluding hydrogens is 863 g/mol. The average Bonchev–Trinajstić information content (AvgIpc) is 2.64. The maximum absolute atomic E-state index is 5.95. The van der Waals surface area contributed by atoms with Crippen LogP contribution < -0.4 is 0 Å². The first-order valence-corrected chi connectivity index (χ1v) is 14.6. The van der Waals surface area contributed by atoms with Gasteiger partial charge >= 0.3 is 0 Å². The quantitative estimate of drug-likeness (QED) is 0.191. The Bertz CT molecular complexity index is 603. The second-order valence-corrected chi connectivity index (χ2v) is 13.1. The van der Waals surface area contributed by atoms with Gasteiger partial charge in [0.25, 0.3) is 0 Å². The second kappa shape index (κ2) is 10.6. The molecule has 0 bridgehead atoms. The van der Waals surface area contributed by atoms with E-state index in [-0.39, 0.29) is 18.3 Å². The zero-order valence-electron chi connectivity index (χ0n) is 13.1. The Morgan fingerprint density at radius 2 is 1.08 bits per heavy atom. The van der Waals surface area contributed by atoms with E-state index in [1.54, 1.807) is 0 Å². The summed E-state index contributed by atoms with van der Waals surface area (Å²) in [6.45, 7) is 0.909. The molecule has 2 nitrogen and oxygen atoms in total. The highest BCUT2D eigenvalue weighted by Gasteiger charge is 2.43. The molecule has 0 aromatic carbocycles. The Hall–Kier alpha value is 2.40. The molecule has 0 saturated carbocycles. The van der Waals surface area contributed by atoms with Gasteiger partial charge in [-0.3, -0.25) is 0 Å². The molecule has 2 aliphatic rings. The van der Waals surface area contributed by atoms with Gasteiger partial charge in [-0.25, -0.2) is 0 Å².